The summed E-state index contributed by atoms with van der Waals surface area (Å²) in [4.78, 5) is 27.3. The Kier molecular flexibility index (Phi) is 7.26. The molecule has 0 radical (unpaired) electrons. The molecule has 3 aliphatic rings. The third kappa shape index (κ3) is 5.41. The molecule has 29 heavy (non-hydrogen) atoms. The van der Waals surface area contributed by atoms with Crippen LogP contribution in [0.4, 0.5) is 0 Å². The Hall–Kier alpha value is -1.38. The summed E-state index contributed by atoms with van der Waals surface area (Å²) in [6.45, 7) is 4.51. The van der Waals surface area contributed by atoms with Crippen LogP contribution in [-0.2, 0) is 28.2 Å². The summed E-state index contributed by atoms with van der Waals surface area (Å²) in [5.74, 6) is 2.25. The highest BCUT2D eigenvalue weighted by Gasteiger charge is 2.26. The van der Waals surface area contributed by atoms with Crippen molar-refractivity contribution in [1.82, 2.24) is 20.0 Å². The van der Waals surface area contributed by atoms with Crippen LogP contribution in [0.15, 0.2) is 10.9 Å². The zero-order valence-corrected chi connectivity index (χ0v) is 17.9. The summed E-state index contributed by atoms with van der Waals surface area (Å²) in [6, 6.07) is 2.12. The van der Waals surface area contributed by atoms with E-state index in [0.29, 0.717) is 32.3 Å². The van der Waals surface area contributed by atoms with Gasteiger partial charge in [-0.1, -0.05) is 6.42 Å². The molecule has 2 saturated heterocycles. The minimum absolute atomic E-state index is 0.00706. The summed E-state index contributed by atoms with van der Waals surface area (Å²) in [7, 11) is 0. The zero-order valence-electron chi connectivity index (χ0n) is 17.1. The second-order valence-corrected chi connectivity index (χ2v) is 9.40. The highest BCUT2D eigenvalue weighted by Crippen LogP contribution is 2.21. The van der Waals surface area contributed by atoms with E-state index in [1.165, 1.54) is 12.8 Å². The van der Waals surface area contributed by atoms with Crippen molar-refractivity contribution in [3.63, 3.8) is 0 Å². The normalized spacial score (nSPS) is 23.5. The Labute approximate surface area is 176 Å². The SMILES string of the molecule is O=C(NCC1CCCCN1CCn1nc2c(cc1=O)CSCC2)C1CCOCC1. The third-order valence-corrected chi connectivity index (χ3v) is 7.36. The van der Waals surface area contributed by atoms with Crippen LogP contribution >= 0.6 is 11.8 Å². The molecule has 0 spiro atoms. The van der Waals surface area contributed by atoms with Crippen molar-refractivity contribution < 1.29 is 9.53 Å². The fraction of sp³-hybridized carbons (Fsp3) is 0.762. The van der Waals surface area contributed by atoms with Crippen LogP contribution in [0.3, 0.4) is 0 Å². The van der Waals surface area contributed by atoms with Gasteiger partial charge in [0, 0.05) is 56.5 Å². The number of fused-ring (bicyclic) bond motifs is 1. The van der Waals surface area contributed by atoms with Crippen LogP contribution in [-0.4, -0.2) is 65.2 Å². The number of nitrogens with zero attached hydrogens (tertiary/aromatic N) is 3. The van der Waals surface area contributed by atoms with E-state index in [0.717, 1.165) is 61.5 Å². The van der Waals surface area contributed by atoms with Gasteiger partial charge in [0.25, 0.3) is 5.56 Å². The predicted molar refractivity (Wildman–Crippen MR) is 114 cm³/mol. The van der Waals surface area contributed by atoms with E-state index in [1.54, 1.807) is 10.7 Å². The highest BCUT2D eigenvalue weighted by molar-refractivity contribution is 7.98. The van der Waals surface area contributed by atoms with Gasteiger partial charge >= 0.3 is 0 Å². The topological polar surface area (TPSA) is 76.5 Å². The predicted octanol–water partition coefficient (Wildman–Crippen LogP) is 1.43. The molecule has 1 amide bonds. The number of piperidine rings is 1. The number of thioether (sulfide) groups is 1. The van der Waals surface area contributed by atoms with Gasteiger partial charge in [0.2, 0.25) is 5.91 Å². The van der Waals surface area contributed by atoms with E-state index in [1.807, 2.05) is 11.8 Å². The molecule has 7 nitrogen and oxygen atoms in total. The minimum Gasteiger partial charge on any atom is -0.381 e. The Balaban J connectivity index is 1.32. The first-order valence-corrected chi connectivity index (χ1v) is 12.1. The summed E-state index contributed by atoms with van der Waals surface area (Å²) < 4.78 is 7.00. The van der Waals surface area contributed by atoms with Gasteiger partial charge in [-0.15, -0.1) is 0 Å². The lowest BCUT2D eigenvalue weighted by molar-refractivity contribution is -0.128. The number of aryl methyl sites for hydroxylation is 1. The van der Waals surface area contributed by atoms with Crippen molar-refractivity contribution in [2.24, 2.45) is 5.92 Å². The molecule has 0 aliphatic carbocycles. The maximum atomic E-state index is 12.5. The van der Waals surface area contributed by atoms with Gasteiger partial charge in [-0.3, -0.25) is 14.5 Å². The van der Waals surface area contributed by atoms with E-state index in [4.69, 9.17) is 4.74 Å². The van der Waals surface area contributed by atoms with Crippen LogP contribution in [0.5, 0.6) is 0 Å². The number of nitrogens with one attached hydrogen (secondary N) is 1. The average molecular weight is 421 g/mol. The standard InChI is InChI=1S/C21H32N4O3S/c26-20-13-17-15-29-12-6-19(17)23-25(20)9-8-24-7-2-1-3-18(24)14-22-21(27)16-4-10-28-11-5-16/h13,16,18H,1-12,14-15H2,(H,22,27). The van der Waals surface area contributed by atoms with E-state index < -0.39 is 0 Å². The number of hydrogen-bond acceptors (Lipinski definition) is 6. The number of aromatic nitrogens is 2. The molecule has 1 aromatic rings. The first-order chi connectivity index (χ1) is 14.2. The number of carbonyl (C=O) groups excluding carboxylic acids is 1. The van der Waals surface area contributed by atoms with Crippen LogP contribution in [0, 0.1) is 5.92 Å². The molecular weight excluding hydrogens is 388 g/mol. The highest BCUT2D eigenvalue weighted by atomic mass is 32.2. The molecule has 2 fully saturated rings. The number of hydrogen-bond donors (Lipinski definition) is 1. The molecule has 1 atom stereocenters. The number of rotatable bonds is 6. The molecule has 1 aromatic heterocycles. The largest absolute Gasteiger partial charge is 0.381 e. The lowest BCUT2D eigenvalue weighted by Crippen LogP contribution is -2.49. The summed E-state index contributed by atoms with van der Waals surface area (Å²) in [6.07, 6.45) is 6.07. The van der Waals surface area contributed by atoms with Gasteiger partial charge in [0.15, 0.2) is 0 Å². The van der Waals surface area contributed by atoms with Crippen molar-refractivity contribution in [1.29, 1.82) is 0 Å². The minimum atomic E-state index is 0.00706. The van der Waals surface area contributed by atoms with Crippen LogP contribution in [0.25, 0.3) is 0 Å². The maximum absolute atomic E-state index is 12.5. The summed E-state index contributed by atoms with van der Waals surface area (Å²) in [5.41, 5.74) is 2.20. The molecular formula is C21H32N4O3S. The van der Waals surface area contributed by atoms with Gasteiger partial charge < -0.3 is 10.1 Å². The second kappa shape index (κ2) is 10.1. The van der Waals surface area contributed by atoms with E-state index >= 15 is 0 Å². The number of ether oxygens (including phenoxy) is 1. The van der Waals surface area contributed by atoms with Crippen molar-refractivity contribution in [2.45, 2.75) is 56.9 Å². The van der Waals surface area contributed by atoms with Gasteiger partial charge in [-0.25, -0.2) is 4.68 Å². The lowest BCUT2D eigenvalue weighted by atomic mass is 9.98. The van der Waals surface area contributed by atoms with E-state index in [9.17, 15) is 9.59 Å². The Morgan fingerprint density at radius 3 is 2.97 bits per heavy atom. The maximum Gasteiger partial charge on any atom is 0.267 e. The van der Waals surface area contributed by atoms with Crippen LogP contribution < -0.4 is 10.9 Å². The molecule has 8 heteroatoms. The molecule has 0 aromatic carbocycles. The van der Waals surface area contributed by atoms with Gasteiger partial charge in [0.05, 0.1) is 12.2 Å². The summed E-state index contributed by atoms with van der Waals surface area (Å²) >= 11 is 1.87. The van der Waals surface area contributed by atoms with Gasteiger partial charge in [-0.2, -0.15) is 16.9 Å². The first-order valence-electron chi connectivity index (χ1n) is 11.0. The Morgan fingerprint density at radius 2 is 2.10 bits per heavy atom. The third-order valence-electron chi connectivity index (χ3n) is 6.36. The lowest BCUT2D eigenvalue weighted by Gasteiger charge is -2.36. The average Bonchev–Trinajstić information content (AvgIpc) is 2.77. The van der Waals surface area contributed by atoms with Crippen molar-refractivity contribution in [2.75, 3.05) is 38.6 Å². The molecule has 0 bridgehead atoms. The van der Waals surface area contributed by atoms with Crippen LogP contribution in [0.1, 0.15) is 43.4 Å². The zero-order chi connectivity index (χ0) is 20.1. The fourth-order valence-corrected chi connectivity index (χ4v) is 5.50. The van der Waals surface area contributed by atoms with E-state index in [2.05, 4.69) is 15.3 Å². The summed E-state index contributed by atoms with van der Waals surface area (Å²) in [5, 5.41) is 7.82. The monoisotopic (exact) mass is 420 g/mol. The quantitative estimate of drug-likeness (QED) is 0.750. The molecule has 4 heterocycles. The van der Waals surface area contributed by atoms with Crippen molar-refractivity contribution in [3.05, 3.63) is 27.7 Å². The first kappa shape index (κ1) is 20.9. The molecule has 160 valence electrons. The molecule has 4 rings (SSSR count). The molecule has 3 aliphatic heterocycles. The molecule has 1 N–H and O–H groups in total. The molecule has 1 unspecified atom stereocenters. The smallest absolute Gasteiger partial charge is 0.267 e. The van der Waals surface area contributed by atoms with Crippen molar-refractivity contribution in [3.8, 4) is 0 Å². The number of likely N-dealkylation sites (tertiary alicyclic amines) is 1. The fourth-order valence-electron chi connectivity index (χ4n) is 4.54. The van der Waals surface area contributed by atoms with E-state index in [-0.39, 0.29) is 17.4 Å². The van der Waals surface area contributed by atoms with Crippen LogP contribution in [0.2, 0.25) is 0 Å². The van der Waals surface area contributed by atoms with Gasteiger partial charge in [-0.05, 0) is 43.5 Å². The molecule has 0 saturated carbocycles. The Morgan fingerprint density at radius 1 is 1.24 bits per heavy atom. The Bertz CT molecular complexity index is 763. The second-order valence-electron chi connectivity index (χ2n) is 8.30. The number of carbonyl (C=O) groups is 1. The van der Waals surface area contributed by atoms with Gasteiger partial charge in [0.1, 0.15) is 0 Å². The van der Waals surface area contributed by atoms with Crippen molar-refractivity contribution >= 4 is 17.7 Å². The number of amides is 1.